The van der Waals surface area contributed by atoms with Crippen LogP contribution >= 0.6 is 0 Å². The van der Waals surface area contributed by atoms with Gasteiger partial charge in [-0.05, 0) is 74.5 Å². The maximum atomic E-state index is 12.1. The largest absolute Gasteiger partial charge is 0.414 e. The SMILES string of the molecule is CN(C)C(=O)Oc1cccc2c1CC[C@H]1[C@@H]2CCN1CCCCNC(=O)c1ccccc1. The highest BCUT2D eigenvalue weighted by Gasteiger charge is 2.39. The van der Waals surface area contributed by atoms with Gasteiger partial charge < -0.3 is 15.0 Å². The van der Waals surface area contributed by atoms with Crippen LogP contribution in [0.3, 0.4) is 0 Å². The van der Waals surface area contributed by atoms with Gasteiger partial charge in [-0.2, -0.15) is 0 Å². The highest BCUT2D eigenvalue weighted by atomic mass is 16.6. The second-order valence-electron chi connectivity index (χ2n) is 8.95. The second-order valence-corrected chi connectivity index (χ2v) is 8.95. The molecule has 6 nitrogen and oxygen atoms in total. The van der Waals surface area contributed by atoms with Crippen LogP contribution in [0.4, 0.5) is 4.79 Å². The van der Waals surface area contributed by atoms with Crippen LogP contribution in [0, 0.1) is 0 Å². The number of fused-ring (bicyclic) bond motifs is 3. The quantitative estimate of drug-likeness (QED) is 0.666. The van der Waals surface area contributed by atoms with E-state index in [4.69, 9.17) is 4.74 Å². The lowest BCUT2D eigenvalue weighted by Gasteiger charge is -2.34. The van der Waals surface area contributed by atoms with Gasteiger partial charge in [0.25, 0.3) is 5.91 Å². The Morgan fingerprint density at radius 3 is 2.66 bits per heavy atom. The van der Waals surface area contributed by atoms with Crippen molar-refractivity contribution < 1.29 is 14.3 Å². The van der Waals surface area contributed by atoms with Crippen molar-refractivity contribution in [3.05, 3.63) is 65.2 Å². The Balaban J connectivity index is 1.27. The highest BCUT2D eigenvalue weighted by molar-refractivity contribution is 5.94. The summed E-state index contributed by atoms with van der Waals surface area (Å²) in [6.07, 6.45) is 4.91. The third-order valence-corrected chi connectivity index (χ3v) is 6.68. The van der Waals surface area contributed by atoms with Crippen LogP contribution in [0.2, 0.25) is 0 Å². The van der Waals surface area contributed by atoms with E-state index in [1.54, 1.807) is 14.1 Å². The number of benzene rings is 2. The Kier molecular flexibility index (Phi) is 7.10. The molecule has 1 heterocycles. The van der Waals surface area contributed by atoms with Crippen LogP contribution in [0.5, 0.6) is 5.75 Å². The van der Waals surface area contributed by atoms with Crippen LogP contribution in [-0.4, -0.2) is 61.6 Å². The van der Waals surface area contributed by atoms with Gasteiger partial charge in [0, 0.05) is 38.2 Å². The van der Waals surface area contributed by atoms with Gasteiger partial charge in [-0.1, -0.05) is 30.3 Å². The summed E-state index contributed by atoms with van der Waals surface area (Å²) >= 11 is 0. The molecule has 6 heteroatoms. The summed E-state index contributed by atoms with van der Waals surface area (Å²) in [7, 11) is 3.41. The summed E-state index contributed by atoms with van der Waals surface area (Å²) in [6.45, 7) is 2.87. The van der Waals surface area contributed by atoms with Gasteiger partial charge in [-0.15, -0.1) is 0 Å². The van der Waals surface area contributed by atoms with E-state index >= 15 is 0 Å². The normalized spacial score (nSPS) is 19.7. The van der Waals surface area contributed by atoms with E-state index in [2.05, 4.69) is 16.3 Å². The average molecular weight is 436 g/mol. The maximum absolute atomic E-state index is 12.1. The zero-order valence-electron chi connectivity index (χ0n) is 19.0. The van der Waals surface area contributed by atoms with Crippen molar-refractivity contribution >= 4 is 12.0 Å². The molecular weight excluding hydrogens is 402 g/mol. The van der Waals surface area contributed by atoms with Gasteiger partial charge in [0.15, 0.2) is 0 Å². The maximum Gasteiger partial charge on any atom is 0.414 e. The molecule has 0 radical (unpaired) electrons. The van der Waals surface area contributed by atoms with Gasteiger partial charge in [-0.25, -0.2) is 4.79 Å². The standard InChI is InChI=1S/C26H33N3O3/c1-28(2)26(31)32-24-12-8-11-20-21-15-18-29(23(21)14-13-22(20)24)17-7-6-16-27-25(30)19-9-4-3-5-10-19/h3-5,8-12,21,23H,6-7,13-18H2,1-2H3,(H,27,30)/t21-,23+/m1/s1. The van der Waals surface area contributed by atoms with Gasteiger partial charge in [-0.3, -0.25) is 9.69 Å². The topological polar surface area (TPSA) is 61.9 Å². The van der Waals surface area contributed by atoms with Crippen molar-refractivity contribution in [3.8, 4) is 5.75 Å². The third kappa shape index (κ3) is 4.96. The monoisotopic (exact) mass is 435 g/mol. The first-order chi connectivity index (χ1) is 15.5. The lowest BCUT2D eigenvalue weighted by molar-refractivity contribution is 0.0952. The molecule has 2 aromatic rings. The Bertz CT molecular complexity index is 945. The van der Waals surface area contributed by atoms with Crippen molar-refractivity contribution in [2.45, 2.75) is 44.1 Å². The van der Waals surface area contributed by atoms with Gasteiger partial charge in [0.1, 0.15) is 5.75 Å². The molecule has 0 spiro atoms. The number of nitrogens with zero attached hydrogens (tertiary/aromatic N) is 2. The van der Waals surface area contributed by atoms with E-state index in [-0.39, 0.29) is 12.0 Å². The molecule has 0 bridgehead atoms. The predicted molar refractivity (Wildman–Crippen MR) is 125 cm³/mol. The number of ether oxygens (including phenoxy) is 1. The van der Waals surface area contributed by atoms with Gasteiger partial charge in [0.2, 0.25) is 0 Å². The highest BCUT2D eigenvalue weighted by Crippen LogP contribution is 2.44. The summed E-state index contributed by atoms with van der Waals surface area (Å²) in [5.41, 5.74) is 3.27. The molecule has 1 aliphatic heterocycles. The molecule has 2 atom stereocenters. The van der Waals surface area contributed by atoms with E-state index in [1.807, 2.05) is 42.5 Å². The molecule has 2 aromatic carbocycles. The summed E-state index contributed by atoms with van der Waals surface area (Å²) in [6, 6.07) is 16.1. The number of amides is 2. The van der Waals surface area contributed by atoms with Crippen molar-refractivity contribution in [2.75, 3.05) is 33.7 Å². The van der Waals surface area contributed by atoms with Crippen LogP contribution in [-0.2, 0) is 6.42 Å². The van der Waals surface area contributed by atoms with Crippen molar-refractivity contribution in [3.63, 3.8) is 0 Å². The van der Waals surface area contributed by atoms with E-state index in [1.165, 1.54) is 16.0 Å². The number of unbranched alkanes of at least 4 members (excludes halogenated alkanes) is 1. The number of carbonyl (C=O) groups is 2. The molecule has 170 valence electrons. The fourth-order valence-electron chi connectivity index (χ4n) is 5.05. The molecule has 0 saturated carbocycles. The van der Waals surface area contributed by atoms with Gasteiger partial charge in [0.05, 0.1) is 0 Å². The van der Waals surface area contributed by atoms with Crippen LogP contribution in [0.15, 0.2) is 48.5 Å². The Hall–Kier alpha value is -2.86. The van der Waals surface area contributed by atoms with E-state index in [0.29, 0.717) is 29.8 Å². The van der Waals surface area contributed by atoms with E-state index in [9.17, 15) is 9.59 Å². The van der Waals surface area contributed by atoms with Crippen molar-refractivity contribution in [1.82, 2.24) is 15.1 Å². The fourth-order valence-corrected chi connectivity index (χ4v) is 5.05. The molecule has 1 N–H and O–H groups in total. The number of nitrogens with one attached hydrogen (secondary N) is 1. The first-order valence-electron chi connectivity index (χ1n) is 11.6. The predicted octanol–water partition coefficient (Wildman–Crippen LogP) is 4.06. The first-order valence-corrected chi connectivity index (χ1v) is 11.6. The molecule has 32 heavy (non-hydrogen) atoms. The van der Waals surface area contributed by atoms with Crippen molar-refractivity contribution in [1.29, 1.82) is 0 Å². The van der Waals surface area contributed by atoms with Crippen molar-refractivity contribution in [2.24, 2.45) is 0 Å². The Labute approximate surface area is 190 Å². The number of carbonyl (C=O) groups excluding carboxylic acids is 2. The first kappa shape index (κ1) is 22.3. The average Bonchev–Trinajstić information content (AvgIpc) is 3.23. The van der Waals surface area contributed by atoms with E-state index in [0.717, 1.165) is 45.2 Å². The third-order valence-electron chi connectivity index (χ3n) is 6.68. The number of rotatable bonds is 7. The van der Waals surface area contributed by atoms with Crippen LogP contribution in [0.1, 0.15) is 53.1 Å². The molecule has 2 aliphatic rings. The molecule has 1 aliphatic carbocycles. The Morgan fingerprint density at radius 1 is 1.06 bits per heavy atom. The zero-order chi connectivity index (χ0) is 22.5. The number of hydrogen-bond donors (Lipinski definition) is 1. The summed E-state index contributed by atoms with van der Waals surface area (Å²) < 4.78 is 5.63. The molecule has 0 aromatic heterocycles. The molecule has 4 rings (SSSR count). The molecule has 1 fully saturated rings. The minimum atomic E-state index is -0.326. The minimum Gasteiger partial charge on any atom is -0.410 e. The molecule has 0 unspecified atom stereocenters. The zero-order valence-corrected chi connectivity index (χ0v) is 19.0. The van der Waals surface area contributed by atoms with Gasteiger partial charge >= 0.3 is 6.09 Å². The number of likely N-dealkylation sites (tertiary alicyclic amines) is 1. The van der Waals surface area contributed by atoms with Crippen LogP contribution < -0.4 is 10.1 Å². The Morgan fingerprint density at radius 2 is 1.88 bits per heavy atom. The van der Waals surface area contributed by atoms with Crippen LogP contribution in [0.25, 0.3) is 0 Å². The second kappa shape index (κ2) is 10.2. The summed E-state index contributed by atoms with van der Waals surface area (Å²) in [4.78, 5) is 28.3. The lowest BCUT2D eigenvalue weighted by Crippen LogP contribution is -2.36. The summed E-state index contributed by atoms with van der Waals surface area (Å²) in [5, 5.41) is 3.02. The summed E-state index contributed by atoms with van der Waals surface area (Å²) in [5.74, 6) is 1.23. The fraction of sp³-hybridized carbons (Fsp3) is 0.462. The molecule has 1 saturated heterocycles. The smallest absolute Gasteiger partial charge is 0.410 e. The lowest BCUT2D eigenvalue weighted by atomic mass is 9.79. The van der Waals surface area contributed by atoms with E-state index < -0.39 is 0 Å². The molecular formula is C26H33N3O3. The molecule has 2 amide bonds. The number of hydrogen-bond acceptors (Lipinski definition) is 4. The minimum absolute atomic E-state index is 0.00138.